The number of fused-ring (bicyclic) bond motifs is 4. The molecular formula is C20H24N2O. The van der Waals surface area contributed by atoms with Crippen LogP contribution in [0.15, 0.2) is 43.1 Å². The molecule has 2 aromatic rings. The Morgan fingerprint density at radius 3 is 3.04 bits per heavy atom. The monoisotopic (exact) mass is 308 g/mol. The normalized spacial score (nSPS) is 29.6. The summed E-state index contributed by atoms with van der Waals surface area (Å²) in [5.41, 5.74) is 2.45. The average molecular weight is 308 g/mol. The second kappa shape index (κ2) is 5.97. The van der Waals surface area contributed by atoms with E-state index >= 15 is 0 Å². The third-order valence-electron chi connectivity index (χ3n) is 5.73. The molecule has 4 heterocycles. The quantitative estimate of drug-likeness (QED) is 0.806. The molecule has 4 atom stereocenters. The smallest absolute Gasteiger partial charge is 0.119 e. The van der Waals surface area contributed by atoms with E-state index < -0.39 is 0 Å². The van der Waals surface area contributed by atoms with Crippen molar-refractivity contribution in [3.63, 3.8) is 0 Å². The minimum absolute atomic E-state index is 0.654. The summed E-state index contributed by atoms with van der Waals surface area (Å²) in [6.07, 6.45) is 7.84. The van der Waals surface area contributed by atoms with E-state index in [1.54, 1.807) is 7.11 Å². The first-order chi connectivity index (χ1) is 11.3. The van der Waals surface area contributed by atoms with Gasteiger partial charge in [0.05, 0.1) is 12.6 Å². The number of pyridine rings is 1. The van der Waals surface area contributed by atoms with E-state index in [0.717, 1.165) is 23.6 Å². The highest BCUT2D eigenvalue weighted by Gasteiger charge is 2.38. The SMILES string of the molecule is C=CC1CN2CC[C@H]1C[C@@H]2Cc1ccnc2ccc(OC)cc12. The molecular weight excluding hydrogens is 284 g/mol. The van der Waals surface area contributed by atoms with Gasteiger partial charge in [-0.25, -0.2) is 0 Å². The molecule has 2 unspecified atom stereocenters. The molecule has 3 saturated heterocycles. The lowest BCUT2D eigenvalue weighted by molar-refractivity contribution is 0.0196. The van der Waals surface area contributed by atoms with Gasteiger partial charge in [-0.2, -0.15) is 0 Å². The Morgan fingerprint density at radius 1 is 1.39 bits per heavy atom. The number of methoxy groups -OCH3 is 1. The first kappa shape index (κ1) is 14.7. The highest BCUT2D eigenvalue weighted by Crippen LogP contribution is 2.38. The number of aromatic nitrogens is 1. The largest absolute Gasteiger partial charge is 0.497 e. The van der Waals surface area contributed by atoms with Gasteiger partial charge < -0.3 is 4.74 Å². The van der Waals surface area contributed by atoms with Crippen LogP contribution in [0.5, 0.6) is 5.75 Å². The molecule has 5 rings (SSSR count). The van der Waals surface area contributed by atoms with Crippen LogP contribution in [0.25, 0.3) is 10.9 Å². The highest BCUT2D eigenvalue weighted by atomic mass is 16.5. The molecule has 0 radical (unpaired) electrons. The van der Waals surface area contributed by atoms with Crippen molar-refractivity contribution >= 4 is 10.9 Å². The van der Waals surface area contributed by atoms with Crippen LogP contribution in [-0.4, -0.2) is 36.1 Å². The number of hydrogen-bond donors (Lipinski definition) is 0. The molecule has 120 valence electrons. The summed E-state index contributed by atoms with van der Waals surface area (Å²) in [7, 11) is 1.72. The first-order valence-corrected chi connectivity index (χ1v) is 8.56. The standard InChI is InChI=1S/C20H24N2O/c1-3-14-13-22-9-7-15(14)10-17(22)11-16-6-8-21-20-5-4-18(23-2)12-19(16)20/h3-6,8,12,14-15,17H,1,7,9-11,13H2,2H3/t14?,15-,17+/m0/s1. The van der Waals surface area contributed by atoms with E-state index in [0.29, 0.717) is 12.0 Å². The number of hydrogen-bond acceptors (Lipinski definition) is 3. The lowest BCUT2D eigenvalue weighted by Crippen LogP contribution is -2.53. The van der Waals surface area contributed by atoms with E-state index in [9.17, 15) is 0 Å². The number of benzene rings is 1. The third-order valence-corrected chi connectivity index (χ3v) is 5.73. The van der Waals surface area contributed by atoms with Crippen molar-refractivity contribution < 1.29 is 4.74 Å². The molecule has 3 aliphatic heterocycles. The highest BCUT2D eigenvalue weighted by molar-refractivity contribution is 5.83. The van der Waals surface area contributed by atoms with E-state index in [4.69, 9.17) is 4.74 Å². The maximum absolute atomic E-state index is 5.40. The van der Waals surface area contributed by atoms with Crippen molar-refractivity contribution in [3.05, 3.63) is 48.7 Å². The molecule has 1 aromatic carbocycles. The van der Waals surface area contributed by atoms with Gasteiger partial charge >= 0.3 is 0 Å². The fourth-order valence-electron chi connectivity index (χ4n) is 4.40. The van der Waals surface area contributed by atoms with Crippen molar-refractivity contribution in [3.8, 4) is 5.75 Å². The maximum atomic E-state index is 5.40. The summed E-state index contributed by atoms with van der Waals surface area (Å²) in [6.45, 7) is 6.45. The minimum atomic E-state index is 0.654. The van der Waals surface area contributed by atoms with Crippen LogP contribution < -0.4 is 4.74 Å². The topological polar surface area (TPSA) is 25.4 Å². The molecule has 3 nitrogen and oxygen atoms in total. The van der Waals surface area contributed by atoms with Crippen LogP contribution in [0.4, 0.5) is 0 Å². The molecule has 23 heavy (non-hydrogen) atoms. The van der Waals surface area contributed by atoms with Crippen LogP contribution in [0.2, 0.25) is 0 Å². The van der Waals surface area contributed by atoms with Crippen LogP contribution >= 0.6 is 0 Å². The van der Waals surface area contributed by atoms with Gasteiger partial charge in [-0.15, -0.1) is 6.58 Å². The predicted molar refractivity (Wildman–Crippen MR) is 93.8 cm³/mol. The number of piperidine rings is 3. The summed E-state index contributed by atoms with van der Waals surface area (Å²) in [6, 6.07) is 9.00. The van der Waals surface area contributed by atoms with Crippen LogP contribution in [-0.2, 0) is 6.42 Å². The molecule has 3 heteroatoms. The van der Waals surface area contributed by atoms with E-state index in [-0.39, 0.29) is 0 Å². The minimum Gasteiger partial charge on any atom is -0.497 e. The van der Waals surface area contributed by atoms with E-state index in [1.807, 2.05) is 12.3 Å². The zero-order valence-electron chi connectivity index (χ0n) is 13.7. The van der Waals surface area contributed by atoms with Crippen molar-refractivity contribution in [2.24, 2.45) is 11.8 Å². The maximum Gasteiger partial charge on any atom is 0.119 e. The second-order valence-electron chi connectivity index (χ2n) is 6.89. The molecule has 0 spiro atoms. The summed E-state index contributed by atoms with van der Waals surface area (Å²) in [5, 5.41) is 1.23. The van der Waals surface area contributed by atoms with Gasteiger partial charge in [0.15, 0.2) is 0 Å². The van der Waals surface area contributed by atoms with Crippen LogP contribution in [0.3, 0.4) is 0 Å². The second-order valence-corrected chi connectivity index (χ2v) is 6.89. The van der Waals surface area contributed by atoms with Crippen molar-refractivity contribution in [1.29, 1.82) is 0 Å². The molecule has 1 aromatic heterocycles. The lowest BCUT2D eigenvalue weighted by Gasteiger charge is -2.49. The Labute approximate surface area is 138 Å². The molecule has 3 aliphatic rings. The first-order valence-electron chi connectivity index (χ1n) is 8.56. The average Bonchev–Trinajstić information content (AvgIpc) is 2.62. The van der Waals surface area contributed by atoms with Gasteiger partial charge in [0, 0.05) is 24.2 Å². The van der Waals surface area contributed by atoms with Gasteiger partial charge in [0.1, 0.15) is 5.75 Å². The molecule has 0 saturated carbocycles. The fraction of sp³-hybridized carbons (Fsp3) is 0.450. The number of rotatable bonds is 4. The Balaban J connectivity index is 1.62. The molecule has 0 amide bonds. The van der Waals surface area contributed by atoms with Crippen LogP contribution in [0, 0.1) is 11.8 Å². The molecule has 2 bridgehead atoms. The summed E-state index contributed by atoms with van der Waals surface area (Å²) < 4.78 is 5.40. The van der Waals surface area contributed by atoms with Crippen molar-refractivity contribution in [1.82, 2.24) is 9.88 Å². The Hall–Kier alpha value is -1.87. The van der Waals surface area contributed by atoms with Gasteiger partial charge in [0.2, 0.25) is 0 Å². The Morgan fingerprint density at radius 2 is 2.30 bits per heavy atom. The number of nitrogens with zero attached hydrogens (tertiary/aromatic N) is 2. The van der Waals surface area contributed by atoms with Gasteiger partial charge in [-0.05, 0) is 67.5 Å². The third kappa shape index (κ3) is 2.63. The van der Waals surface area contributed by atoms with Crippen molar-refractivity contribution in [2.75, 3.05) is 20.2 Å². The van der Waals surface area contributed by atoms with Gasteiger partial charge in [-0.3, -0.25) is 9.88 Å². The zero-order valence-corrected chi connectivity index (χ0v) is 13.7. The van der Waals surface area contributed by atoms with Crippen molar-refractivity contribution in [2.45, 2.75) is 25.3 Å². The van der Waals surface area contributed by atoms with Gasteiger partial charge in [0.25, 0.3) is 0 Å². The summed E-state index contributed by atoms with van der Waals surface area (Å²) in [4.78, 5) is 7.17. The predicted octanol–water partition coefficient (Wildman–Crippen LogP) is 3.68. The van der Waals surface area contributed by atoms with Gasteiger partial charge in [-0.1, -0.05) is 6.08 Å². The summed E-state index contributed by atoms with van der Waals surface area (Å²) >= 11 is 0. The molecule has 0 N–H and O–H groups in total. The Bertz CT molecular complexity index is 727. The van der Waals surface area contributed by atoms with Crippen LogP contribution in [0.1, 0.15) is 18.4 Å². The Kier molecular flexibility index (Phi) is 3.82. The fourth-order valence-corrected chi connectivity index (χ4v) is 4.40. The summed E-state index contributed by atoms with van der Waals surface area (Å²) in [5.74, 6) is 2.42. The number of ether oxygens (including phenoxy) is 1. The lowest BCUT2D eigenvalue weighted by atomic mass is 9.74. The zero-order chi connectivity index (χ0) is 15.8. The van der Waals surface area contributed by atoms with E-state index in [2.05, 4.69) is 40.7 Å². The molecule has 0 aliphatic carbocycles. The molecule has 3 fully saturated rings. The van der Waals surface area contributed by atoms with E-state index in [1.165, 1.54) is 36.9 Å².